The highest BCUT2D eigenvalue weighted by molar-refractivity contribution is 5.81. The van der Waals surface area contributed by atoms with Gasteiger partial charge in [-0.2, -0.15) is 0 Å². The normalized spacial score (nSPS) is 37.5. The van der Waals surface area contributed by atoms with Gasteiger partial charge in [0.05, 0.1) is 5.60 Å². The molecule has 0 aliphatic heterocycles. The van der Waals surface area contributed by atoms with Crippen LogP contribution in [0.15, 0.2) is 23.8 Å². The van der Waals surface area contributed by atoms with E-state index in [9.17, 15) is 9.90 Å². The average molecular weight is 304 g/mol. The Balaban J connectivity index is 2.15. The molecule has 2 aliphatic rings. The van der Waals surface area contributed by atoms with E-state index in [4.69, 9.17) is 0 Å². The zero-order chi connectivity index (χ0) is 16.5. The number of fused-ring (bicyclic) bond motifs is 1. The maximum absolute atomic E-state index is 12.3. The van der Waals surface area contributed by atoms with Gasteiger partial charge in [-0.25, -0.2) is 0 Å². The number of aliphatic hydroxyl groups is 1. The summed E-state index contributed by atoms with van der Waals surface area (Å²) in [6.45, 7) is 10.2. The van der Waals surface area contributed by atoms with Crippen LogP contribution in [0.1, 0.15) is 66.7 Å². The fourth-order valence-corrected chi connectivity index (χ4v) is 4.39. The monoisotopic (exact) mass is 304 g/mol. The first kappa shape index (κ1) is 17.5. The average Bonchev–Trinajstić information content (AvgIpc) is 2.65. The van der Waals surface area contributed by atoms with Crippen molar-refractivity contribution < 1.29 is 9.90 Å². The molecule has 2 fully saturated rings. The quantitative estimate of drug-likeness (QED) is 0.769. The van der Waals surface area contributed by atoms with E-state index >= 15 is 0 Å². The Bertz CT molecular complexity index is 480. The van der Waals surface area contributed by atoms with Gasteiger partial charge in [-0.05, 0) is 63.7 Å². The predicted octanol–water partition coefficient (Wildman–Crippen LogP) is 4.68. The largest absolute Gasteiger partial charge is 0.386 e. The summed E-state index contributed by atoms with van der Waals surface area (Å²) in [4.78, 5) is 12.3. The second-order valence-electron chi connectivity index (χ2n) is 8.45. The van der Waals surface area contributed by atoms with Gasteiger partial charge in [0.1, 0.15) is 5.78 Å². The second-order valence-corrected chi connectivity index (χ2v) is 8.45. The van der Waals surface area contributed by atoms with Crippen LogP contribution in [-0.4, -0.2) is 16.5 Å². The van der Waals surface area contributed by atoms with Gasteiger partial charge in [-0.15, -0.1) is 0 Å². The molecule has 2 nitrogen and oxygen atoms in total. The van der Waals surface area contributed by atoms with Crippen molar-refractivity contribution in [1.29, 1.82) is 0 Å². The van der Waals surface area contributed by atoms with E-state index in [1.54, 1.807) is 13.8 Å². The number of carbonyl (C=O) groups is 1. The number of ketones is 1. The summed E-state index contributed by atoms with van der Waals surface area (Å²) in [6, 6.07) is 0. The molecule has 2 rings (SSSR count). The van der Waals surface area contributed by atoms with Crippen molar-refractivity contribution in [2.45, 2.75) is 72.3 Å². The van der Waals surface area contributed by atoms with E-state index in [0.29, 0.717) is 17.6 Å². The molecule has 0 unspecified atom stereocenters. The third-order valence-corrected chi connectivity index (χ3v) is 5.89. The summed E-state index contributed by atoms with van der Waals surface area (Å²) in [7, 11) is 0. The maximum Gasteiger partial charge on any atom is 0.136 e. The van der Waals surface area contributed by atoms with E-state index < -0.39 is 5.60 Å². The highest BCUT2D eigenvalue weighted by Gasteiger charge is 2.48. The van der Waals surface area contributed by atoms with E-state index in [-0.39, 0.29) is 11.3 Å². The molecule has 0 aromatic heterocycles. The first-order valence-electron chi connectivity index (χ1n) is 8.73. The van der Waals surface area contributed by atoms with Gasteiger partial charge in [-0.1, -0.05) is 37.6 Å². The Morgan fingerprint density at radius 2 is 2.00 bits per heavy atom. The third-order valence-electron chi connectivity index (χ3n) is 5.89. The van der Waals surface area contributed by atoms with Crippen LogP contribution in [0, 0.1) is 23.2 Å². The summed E-state index contributed by atoms with van der Waals surface area (Å²) in [5, 5.41) is 9.77. The Morgan fingerprint density at radius 3 is 2.64 bits per heavy atom. The number of Topliss-reactive ketones (excluding diaryl/α,β-unsaturated/α-hetero) is 1. The van der Waals surface area contributed by atoms with Crippen LogP contribution < -0.4 is 0 Å². The molecule has 0 aromatic rings. The molecule has 22 heavy (non-hydrogen) atoms. The molecular formula is C20H32O2. The number of hydrogen-bond acceptors (Lipinski definition) is 2. The molecular weight excluding hydrogens is 272 g/mol. The van der Waals surface area contributed by atoms with E-state index in [0.717, 1.165) is 12.8 Å². The number of rotatable bonds is 3. The number of allylic oxidation sites excluding steroid dienone is 3. The van der Waals surface area contributed by atoms with Crippen LogP contribution in [0.25, 0.3) is 0 Å². The van der Waals surface area contributed by atoms with E-state index in [1.807, 2.05) is 12.2 Å². The lowest BCUT2D eigenvalue weighted by molar-refractivity contribution is -0.124. The zero-order valence-electron chi connectivity index (χ0n) is 14.9. The SMILES string of the molecule is C/C(=C\C=C\C(C)(C)O)[C@H]1CC[C@@]2(C)CC(=O)[C@@H](C)CC[C@H]12. The minimum atomic E-state index is -0.759. The molecule has 4 atom stereocenters. The molecule has 0 spiro atoms. The van der Waals surface area contributed by atoms with E-state index in [1.165, 1.54) is 24.8 Å². The fraction of sp³-hybridized carbons (Fsp3) is 0.750. The zero-order valence-corrected chi connectivity index (χ0v) is 14.9. The Labute approximate surface area is 135 Å². The minimum absolute atomic E-state index is 0.196. The van der Waals surface area contributed by atoms with E-state index in [2.05, 4.69) is 26.8 Å². The first-order chi connectivity index (χ1) is 10.1. The molecule has 0 amide bonds. The summed E-state index contributed by atoms with van der Waals surface area (Å²) in [6.07, 6.45) is 11.3. The van der Waals surface area contributed by atoms with Crippen LogP contribution >= 0.6 is 0 Å². The molecule has 0 heterocycles. The van der Waals surface area contributed by atoms with Crippen molar-refractivity contribution in [3.63, 3.8) is 0 Å². The number of hydrogen-bond donors (Lipinski definition) is 1. The van der Waals surface area contributed by atoms with Gasteiger partial charge >= 0.3 is 0 Å². The van der Waals surface area contributed by atoms with Crippen molar-refractivity contribution in [2.75, 3.05) is 0 Å². The fourth-order valence-electron chi connectivity index (χ4n) is 4.39. The lowest BCUT2D eigenvalue weighted by atomic mass is 9.72. The van der Waals surface area contributed by atoms with Gasteiger partial charge in [0.2, 0.25) is 0 Å². The standard InChI is InChI=1S/C20H32O2/c1-14(7-6-11-19(3,4)22)16-10-12-20(5)13-18(21)15(2)8-9-17(16)20/h6-7,11,15-17,22H,8-10,12-13H2,1-5H3/b11-6+,14-7+/t15-,16+,17+,20-/m0/s1. The van der Waals surface area contributed by atoms with Crippen LogP contribution in [0.5, 0.6) is 0 Å². The highest BCUT2D eigenvalue weighted by atomic mass is 16.3. The number of carbonyl (C=O) groups excluding carboxylic acids is 1. The van der Waals surface area contributed by atoms with Crippen molar-refractivity contribution in [3.05, 3.63) is 23.8 Å². The Hall–Kier alpha value is -0.890. The molecule has 124 valence electrons. The molecule has 2 heteroatoms. The van der Waals surface area contributed by atoms with Gasteiger partial charge in [-0.3, -0.25) is 4.79 Å². The van der Waals surface area contributed by atoms with Crippen molar-refractivity contribution in [2.24, 2.45) is 23.2 Å². The smallest absolute Gasteiger partial charge is 0.136 e. The Morgan fingerprint density at radius 1 is 1.32 bits per heavy atom. The molecule has 2 aliphatic carbocycles. The second kappa shape index (κ2) is 6.31. The molecule has 2 saturated carbocycles. The summed E-state index contributed by atoms with van der Waals surface area (Å²) in [5.74, 6) is 1.93. The maximum atomic E-state index is 12.3. The van der Waals surface area contributed by atoms with Crippen LogP contribution in [0.4, 0.5) is 0 Å². The first-order valence-corrected chi connectivity index (χ1v) is 8.73. The molecule has 1 N–H and O–H groups in total. The Kier molecular flexibility index (Phi) is 5.01. The van der Waals surface area contributed by atoms with Crippen molar-refractivity contribution in [1.82, 2.24) is 0 Å². The minimum Gasteiger partial charge on any atom is -0.386 e. The summed E-state index contributed by atoms with van der Waals surface area (Å²) >= 11 is 0. The van der Waals surface area contributed by atoms with Crippen LogP contribution in [-0.2, 0) is 4.79 Å². The lowest BCUT2D eigenvalue weighted by Crippen LogP contribution is -2.26. The molecule has 0 aromatic carbocycles. The summed E-state index contributed by atoms with van der Waals surface area (Å²) in [5.41, 5.74) is 0.837. The molecule has 0 saturated heterocycles. The van der Waals surface area contributed by atoms with Gasteiger partial charge < -0.3 is 5.11 Å². The van der Waals surface area contributed by atoms with Crippen molar-refractivity contribution >= 4 is 5.78 Å². The van der Waals surface area contributed by atoms with Crippen LogP contribution in [0.2, 0.25) is 0 Å². The van der Waals surface area contributed by atoms with Gasteiger partial charge in [0, 0.05) is 12.3 Å². The predicted molar refractivity (Wildman–Crippen MR) is 91.5 cm³/mol. The lowest BCUT2D eigenvalue weighted by Gasteiger charge is -2.32. The molecule has 0 bridgehead atoms. The summed E-state index contributed by atoms with van der Waals surface area (Å²) < 4.78 is 0. The van der Waals surface area contributed by atoms with Gasteiger partial charge in [0.15, 0.2) is 0 Å². The van der Waals surface area contributed by atoms with Crippen molar-refractivity contribution in [3.8, 4) is 0 Å². The third kappa shape index (κ3) is 3.90. The van der Waals surface area contributed by atoms with Crippen LogP contribution in [0.3, 0.4) is 0 Å². The highest BCUT2D eigenvalue weighted by Crippen LogP contribution is 2.55. The topological polar surface area (TPSA) is 37.3 Å². The van der Waals surface area contributed by atoms with Gasteiger partial charge in [0.25, 0.3) is 0 Å². The molecule has 0 radical (unpaired) electrons.